The molecule has 2 atom stereocenters. The first-order valence-electron chi connectivity index (χ1n) is 5.84. The number of fused-ring (bicyclic) bond motifs is 2. The molecule has 3 heterocycles. The van der Waals surface area contributed by atoms with Gasteiger partial charge in [-0.3, -0.25) is 0 Å². The molecule has 0 unspecified atom stereocenters. The Balaban J connectivity index is 0.000000404. The van der Waals surface area contributed by atoms with Crippen LogP contribution in [-0.4, -0.2) is 30.2 Å². The van der Waals surface area contributed by atoms with Crippen LogP contribution in [0.5, 0.6) is 0 Å². The van der Waals surface area contributed by atoms with Crippen LogP contribution in [0.4, 0.5) is 5.82 Å². The lowest BCUT2D eigenvalue weighted by atomic mass is 10.2. The van der Waals surface area contributed by atoms with E-state index in [-0.39, 0.29) is 0 Å². The summed E-state index contributed by atoms with van der Waals surface area (Å²) in [6, 6.07) is 7.50. The molecule has 0 aliphatic carbocycles. The van der Waals surface area contributed by atoms with Crippen molar-refractivity contribution >= 4 is 5.82 Å². The Morgan fingerprint density at radius 1 is 1.40 bits per heavy atom. The van der Waals surface area contributed by atoms with E-state index in [1.807, 2.05) is 26.1 Å². The van der Waals surface area contributed by atoms with E-state index in [9.17, 15) is 0 Å². The zero-order valence-electron chi connectivity index (χ0n) is 9.48. The highest BCUT2D eigenvalue weighted by Gasteiger charge is 2.37. The van der Waals surface area contributed by atoms with E-state index in [4.69, 9.17) is 0 Å². The van der Waals surface area contributed by atoms with E-state index in [0.29, 0.717) is 12.1 Å². The van der Waals surface area contributed by atoms with Crippen molar-refractivity contribution in [3.63, 3.8) is 0 Å². The maximum atomic E-state index is 4.38. The molecular formula is C12H19N3. The van der Waals surface area contributed by atoms with Crippen molar-refractivity contribution in [1.29, 1.82) is 0 Å². The van der Waals surface area contributed by atoms with Crippen molar-refractivity contribution in [2.24, 2.45) is 0 Å². The Hall–Kier alpha value is -1.09. The van der Waals surface area contributed by atoms with Crippen LogP contribution in [0.15, 0.2) is 24.4 Å². The molecule has 0 radical (unpaired) electrons. The van der Waals surface area contributed by atoms with E-state index in [1.165, 1.54) is 6.42 Å². The van der Waals surface area contributed by atoms with Gasteiger partial charge in [-0.1, -0.05) is 19.9 Å². The van der Waals surface area contributed by atoms with Gasteiger partial charge in [-0.2, -0.15) is 0 Å². The largest absolute Gasteiger partial charge is 0.351 e. The summed E-state index contributed by atoms with van der Waals surface area (Å²) in [4.78, 5) is 6.80. The minimum absolute atomic E-state index is 0.680. The molecule has 1 aromatic heterocycles. The fraction of sp³-hybridized carbons (Fsp3) is 0.583. The number of piperazine rings is 1. The van der Waals surface area contributed by atoms with Crippen LogP contribution < -0.4 is 10.2 Å². The van der Waals surface area contributed by atoms with Crippen molar-refractivity contribution < 1.29 is 0 Å². The van der Waals surface area contributed by atoms with Gasteiger partial charge in [0.05, 0.1) is 0 Å². The number of nitrogens with zero attached hydrogens (tertiary/aromatic N) is 2. The third-order valence-corrected chi connectivity index (χ3v) is 3.00. The quantitative estimate of drug-likeness (QED) is 0.755. The zero-order chi connectivity index (χ0) is 10.7. The Bertz CT molecular complexity index is 299. The predicted molar refractivity (Wildman–Crippen MR) is 63.1 cm³/mol. The fourth-order valence-electron chi connectivity index (χ4n) is 2.37. The Morgan fingerprint density at radius 2 is 2.27 bits per heavy atom. The van der Waals surface area contributed by atoms with E-state index in [1.54, 1.807) is 0 Å². The van der Waals surface area contributed by atoms with Gasteiger partial charge in [-0.05, 0) is 18.6 Å². The van der Waals surface area contributed by atoms with Crippen LogP contribution in [-0.2, 0) is 0 Å². The SMILES string of the molecule is CC.c1ccc(N2C[C@H]3C[C@@H]2CN3)nc1. The molecule has 3 rings (SSSR count). The second-order valence-corrected chi connectivity index (χ2v) is 3.83. The van der Waals surface area contributed by atoms with Crippen LogP contribution in [0.3, 0.4) is 0 Å². The van der Waals surface area contributed by atoms with Crippen LogP contribution in [0.2, 0.25) is 0 Å². The minimum Gasteiger partial charge on any atom is -0.351 e. The molecule has 1 N–H and O–H groups in total. The van der Waals surface area contributed by atoms with Crippen LogP contribution >= 0.6 is 0 Å². The monoisotopic (exact) mass is 205 g/mol. The van der Waals surface area contributed by atoms with Gasteiger partial charge >= 0.3 is 0 Å². The summed E-state index contributed by atoms with van der Waals surface area (Å²) in [5, 5.41) is 3.49. The van der Waals surface area contributed by atoms with Gasteiger partial charge < -0.3 is 10.2 Å². The maximum Gasteiger partial charge on any atom is 0.128 e. The summed E-state index contributed by atoms with van der Waals surface area (Å²) in [7, 11) is 0. The van der Waals surface area contributed by atoms with Gasteiger partial charge in [0.25, 0.3) is 0 Å². The van der Waals surface area contributed by atoms with Gasteiger partial charge in [0, 0.05) is 31.4 Å². The van der Waals surface area contributed by atoms with Crippen molar-refractivity contribution in [3.05, 3.63) is 24.4 Å². The molecule has 2 bridgehead atoms. The Kier molecular flexibility index (Phi) is 3.21. The molecule has 3 nitrogen and oxygen atoms in total. The molecule has 15 heavy (non-hydrogen) atoms. The number of aromatic nitrogens is 1. The first kappa shape index (κ1) is 10.4. The van der Waals surface area contributed by atoms with Crippen molar-refractivity contribution in [1.82, 2.24) is 10.3 Å². The third-order valence-electron chi connectivity index (χ3n) is 3.00. The van der Waals surface area contributed by atoms with E-state index < -0.39 is 0 Å². The highest BCUT2D eigenvalue weighted by atomic mass is 15.3. The summed E-state index contributed by atoms with van der Waals surface area (Å²) in [6.07, 6.45) is 3.16. The molecule has 2 fully saturated rings. The van der Waals surface area contributed by atoms with E-state index in [0.717, 1.165) is 18.9 Å². The van der Waals surface area contributed by atoms with Crippen molar-refractivity contribution in [2.45, 2.75) is 32.4 Å². The van der Waals surface area contributed by atoms with Crippen molar-refractivity contribution in [3.8, 4) is 0 Å². The normalized spacial score (nSPS) is 27.5. The first-order chi connectivity index (χ1) is 7.43. The molecular weight excluding hydrogens is 186 g/mol. The number of hydrogen-bond acceptors (Lipinski definition) is 3. The van der Waals surface area contributed by atoms with Crippen LogP contribution in [0, 0.1) is 0 Å². The molecule has 3 heteroatoms. The highest BCUT2D eigenvalue weighted by Crippen LogP contribution is 2.27. The molecule has 2 aliphatic rings. The molecule has 2 aliphatic heterocycles. The molecule has 0 spiro atoms. The first-order valence-corrected chi connectivity index (χ1v) is 5.84. The summed E-state index contributed by atoms with van der Waals surface area (Å²) < 4.78 is 0. The average Bonchev–Trinajstić information content (AvgIpc) is 2.95. The number of pyridine rings is 1. The number of nitrogens with one attached hydrogen (secondary N) is 1. The average molecular weight is 205 g/mol. The summed E-state index contributed by atoms with van der Waals surface area (Å²) in [5.74, 6) is 1.14. The number of rotatable bonds is 1. The summed E-state index contributed by atoms with van der Waals surface area (Å²) in [6.45, 7) is 6.25. The molecule has 82 valence electrons. The summed E-state index contributed by atoms with van der Waals surface area (Å²) >= 11 is 0. The van der Waals surface area contributed by atoms with Gasteiger partial charge in [0.2, 0.25) is 0 Å². The van der Waals surface area contributed by atoms with E-state index in [2.05, 4.69) is 27.3 Å². The van der Waals surface area contributed by atoms with Gasteiger partial charge in [-0.15, -0.1) is 0 Å². The van der Waals surface area contributed by atoms with Crippen molar-refractivity contribution in [2.75, 3.05) is 18.0 Å². The van der Waals surface area contributed by atoms with Gasteiger partial charge in [-0.25, -0.2) is 4.98 Å². The zero-order valence-corrected chi connectivity index (χ0v) is 9.48. The van der Waals surface area contributed by atoms with Gasteiger partial charge in [0.1, 0.15) is 5.82 Å². The lowest BCUT2D eigenvalue weighted by molar-refractivity contribution is 0.576. The second-order valence-electron chi connectivity index (χ2n) is 3.83. The van der Waals surface area contributed by atoms with E-state index >= 15 is 0 Å². The van der Waals surface area contributed by atoms with Gasteiger partial charge in [0.15, 0.2) is 0 Å². The predicted octanol–water partition coefficient (Wildman–Crippen LogP) is 1.66. The lowest BCUT2D eigenvalue weighted by Gasteiger charge is -2.28. The fourth-order valence-corrected chi connectivity index (χ4v) is 2.37. The van der Waals surface area contributed by atoms with Crippen LogP contribution in [0.25, 0.3) is 0 Å². The minimum atomic E-state index is 0.680. The molecule has 0 saturated carbocycles. The number of anilines is 1. The number of hydrogen-bond donors (Lipinski definition) is 1. The third kappa shape index (κ3) is 1.97. The molecule has 0 amide bonds. The topological polar surface area (TPSA) is 28.2 Å². The smallest absolute Gasteiger partial charge is 0.128 e. The maximum absolute atomic E-state index is 4.38. The highest BCUT2D eigenvalue weighted by molar-refractivity contribution is 5.42. The Morgan fingerprint density at radius 3 is 2.80 bits per heavy atom. The molecule has 0 aromatic carbocycles. The Labute approximate surface area is 91.5 Å². The summed E-state index contributed by atoms with van der Waals surface area (Å²) in [5.41, 5.74) is 0. The molecule has 2 saturated heterocycles. The lowest BCUT2D eigenvalue weighted by Crippen LogP contribution is -2.43. The van der Waals surface area contributed by atoms with Crippen LogP contribution in [0.1, 0.15) is 20.3 Å². The molecule has 1 aromatic rings. The second kappa shape index (κ2) is 4.62. The standard InChI is InChI=1S/C10H13N3.C2H6/c1-2-4-11-10(3-1)13-7-8-5-9(13)6-12-8;1-2/h1-4,8-9,12H,5-7H2;1-2H3/t8-,9-;/m1./s1.